The number of aliphatic hydroxyl groups is 1. The molecule has 3 atom stereocenters. The van der Waals surface area contributed by atoms with Crippen LogP contribution in [0.15, 0.2) is 71.7 Å². The number of anilines is 1. The summed E-state index contributed by atoms with van der Waals surface area (Å²) < 4.78 is 8.18. The third kappa shape index (κ3) is 11.9. The molecule has 0 saturated heterocycles. The minimum Gasteiger partial charge on any atom is -0.489 e. The molecule has 354 valence electrons. The molecule has 2 unspecified atom stereocenters. The van der Waals surface area contributed by atoms with Crippen molar-refractivity contribution in [3.05, 3.63) is 122 Å². The molecule has 0 aliphatic carbocycles. The highest BCUT2D eigenvalue weighted by Crippen LogP contribution is 2.40. The second-order valence-electron chi connectivity index (χ2n) is 17.6. The highest BCUT2D eigenvalue weighted by atomic mass is 35.5. The quantitative estimate of drug-likeness (QED) is 0.0621. The Hall–Kier alpha value is -6.10. The summed E-state index contributed by atoms with van der Waals surface area (Å²) >= 11 is 7.88. The molecule has 3 aromatic carbocycles. The number of nitrogens with zero attached hydrogens (tertiary/aromatic N) is 5. The smallest absolute Gasteiger partial charge is 0.243 e. The summed E-state index contributed by atoms with van der Waals surface area (Å²) in [5.41, 5.74) is 7.63. The Morgan fingerprint density at radius 2 is 1.58 bits per heavy atom. The number of benzene rings is 3. The average Bonchev–Trinajstić information content (AvgIpc) is 3.79. The van der Waals surface area contributed by atoms with Crippen LogP contribution in [0.25, 0.3) is 5.00 Å². The fourth-order valence-corrected chi connectivity index (χ4v) is 9.89. The topological polar surface area (TPSA) is 192 Å². The standard InChI is InChI=1S/C50H60ClN9O6S/c1-29(2)47-49(65)55-38(27-61)23-36-17-20-39(24-41(36)59(47)6)66-28-34-13-11-33(12-14-34)26-54-43(63)10-8-21-52-42(62)9-7-22-53-44(64)25-40-48-58-57-32(5)60(48)50-45(30(3)31(4)67-50)46(56-40)35-15-18-37(51)19-16-35/h11-20,24,29,38,40,47,61H,7-10,21-23,25-28H2,1-6H3,(H,52,62)(H,53,64)(H,54,63)(H,55,65)/t38-,40?,47?/m0/s1. The van der Waals surface area contributed by atoms with E-state index >= 15 is 0 Å². The number of ether oxygens (including phenoxy) is 1. The Kier molecular flexibility index (Phi) is 16.1. The van der Waals surface area contributed by atoms with Gasteiger partial charge in [0, 0.05) is 72.3 Å². The van der Waals surface area contributed by atoms with Crippen LogP contribution < -0.4 is 30.9 Å². The van der Waals surface area contributed by atoms with Crippen molar-refractivity contribution in [2.75, 3.05) is 31.6 Å². The van der Waals surface area contributed by atoms with E-state index in [1.807, 2.05) is 104 Å². The molecule has 5 aromatic rings. The lowest BCUT2D eigenvalue weighted by molar-refractivity contribution is -0.124. The van der Waals surface area contributed by atoms with Gasteiger partial charge in [-0.2, -0.15) is 0 Å². The third-order valence-electron chi connectivity index (χ3n) is 12.2. The minimum absolute atomic E-state index is 0.0568. The molecule has 0 spiro atoms. The zero-order chi connectivity index (χ0) is 47.8. The number of hydrogen-bond donors (Lipinski definition) is 5. The SMILES string of the molecule is Cc1sc2c(c1C)C(c1ccc(Cl)cc1)=NC(CC(=O)NCCCC(=O)NCCCC(=O)NCc1ccc(COc3ccc4c(c3)N(C)C(C(C)C)C(=O)N[C@H](CO)C4)cc1)c1nnc(C)n1-2. The molecule has 0 bridgehead atoms. The van der Waals surface area contributed by atoms with Gasteiger partial charge in [-0.15, -0.1) is 21.5 Å². The highest BCUT2D eigenvalue weighted by molar-refractivity contribution is 7.15. The number of aliphatic hydroxyl groups excluding tert-OH is 1. The summed E-state index contributed by atoms with van der Waals surface area (Å²) in [4.78, 5) is 59.8. The number of carbonyl (C=O) groups excluding carboxylic acids is 4. The van der Waals surface area contributed by atoms with E-state index in [2.05, 4.69) is 45.3 Å². The van der Waals surface area contributed by atoms with Gasteiger partial charge >= 0.3 is 0 Å². The third-order valence-corrected chi connectivity index (χ3v) is 13.7. The van der Waals surface area contributed by atoms with Crippen LogP contribution in [-0.4, -0.2) is 88.0 Å². The number of aliphatic imine (C=N–C) groups is 1. The zero-order valence-corrected chi connectivity index (χ0v) is 40.5. The molecule has 15 nitrogen and oxygen atoms in total. The maximum absolute atomic E-state index is 13.3. The minimum atomic E-state index is -0.585. The number of nitrogens with one attached hydrogen (secondary N) is 4. The van der Waals surface area contributed by atoms with Crippen molar-refractivity contribution in [3.8, 4) is 10.8 Å². The first-order valence-corrected chi connectivity index (χ1v) is 24.0. The molecular formula is C50H60ClN9O6S. The summed E-state index contributed by atoms with van der Waals surface area (Å²) in [6.07, 6.45) is 2.03. The Morgan fingerprint density at radius 3 is 2.27 bits per heavy atom. The van der Waals surface area contributed by atoms with E-state index in [1.54, 1.807) is 11.3 Å². The van der Waals surface area contributed by atoms with Crippen molar-refractivity contribution in [2.45, 2.75) is 104 Å². The Labute approximate surface area is 400 Å². The molecular weight excluding hydrogens is 890 g/mol. The zero-order valence-electron chi connectivity index (χ0n) is 38.9. The Balaban J connectivity index is 0.803. The van der Waals surface area contributed by atoms with Gasteiger partial charge in [0.25, 0.3) is 0 Å². The fraction of sp³-hybridized carbons (Fsp3) is 0.420. The maximum Gasteiger partial charge on any atom is 0.243 e. The van der Waals surface area contributed by atoms with Gasteiger partial charge in [0.2, 0.25) is 23.6 Å². The summed E-state index contributed by atoms with van der Waals surface area (Å²) in [6, 6.07) is 19.9. The summed E-state index contributed by atoms with van der Waals surface area (Å²) in [5, 5.41) is 32.1. The van der Waals surface area contributed by atoms with Gasteiger partial charge in [0.15, 0.2) is 5.82 Å². The van der Waals surface area contributed by atoms with Crippen molar-refractivity contribution in [3.63, 3.8) is 0 Å². The monoisotopic (exact) mass is 949 g/mol. The van der Waals surface area contributed by atoms with Crippen LogP contribution in [-0.2, 0) is 38.8 Å². The lowest BCUT2D eigenvalue weighted by atomic mass is 9.95. The van der Waals surface area contributed by atoms with Crippen LogP contribution in [0, 0.1) is 26.7 Å². The number of aromatic nitrogens is 3. The van der Waals surface area contributed by atoms with Gasteiger partial charge in [0.1, 0.15) is 35.3 Å². The van der Waals surface area contributed by atoms with Crippen LogP contribution >= 0.6 is 22.9 Å². The first kappa shape index (κ1) is 48.8. The van der Waals surface area contributed by atoms with Crippen molar-refractivity contribution < 1.29 is 29.0 Å². The maximum atomic E-state index is 13.3. The Bertz CT molecular complexity index is 2610. The van der Waals surface area contributed by atoms with Crippen molar-refractivity contribution in [2.24, 2.45) is 10.9 Å². The van der Waals surface area contributed by atoms with Crippen molar-refractivity contribution in [1.82, 2.24) is 36.0 Å². The van der Waals surface area contributed by atoms with Gasteiger partial charge in [-0.3, -0.25) is 28.7 Å². The number of hydrogen-bond acceptors (Lipinski definition) is 11. The predicted octanol–water partition coefficient (Wildman–Crippen LogP) is 6.37. The second-order valence-corrected chi connectivity index (χ2v) is 19.2. The second kappa shape index (κ2) is 22.1. The molecule has 2 aromatic heterocycles. The average molecular weight is 951 g/mol. The normalized spacial score (nSPS) is 16.7. The van der Waals surface area contributed by atoms with Gasteiger partial charge in [0.05, 0.1) is 24.8 Å². The largest absolute Gasteiger partial charge is 0.489 e. The molecule has 0 fully saturated rings. The predicted molar refractivity (Wildman–Crippen MR) is 261 cm³/mol. The molecule has 2 aliphatic heterocycles. The van der Waals surface area contributed by atoms with Gasteiger partial charge in [-0.1, -0.05) is 67.9 Å². The highest BCUT2D eigenvalue weighted by Gasteiger charge is 2.34. The Morgan fingerprint density at radius 1 is 0.910 bits per heavy atom. The van der Waals surface area contributed by atoms with E-state index < -0.39 is 6.04 Å². The molecule has 7 rings (SSSR count). The van der Waals surface area contributed by atoms with E-state index in [9.17, 15) is 24.3 Å². The van der Waals surface area contributed by atoms with Crippen molar-refractivity contribution in [1.29, 1.82) is 0 Å². The van der Waals surface area contributed by atoms with Gasteiger partial charge in [-0.05, 0) is 86.4 Å². The van der Waals surface area contributed by atoms with E-state index in [1.165, 1.54) is 0 Å². The van der Waals surface area contributed by atoms with E-state index in [0.717, 1.165) is 54.7 Å². The summed E-state index contributed by atoms with van der Waals surface area (Å²) in [6.45, 7) is 11.3. The molecule has 4 heterocycles. The van der Waals surface area contributed by atoms with Crippen LogP contribution in [0.3, 0.4) is 0 Å². The molecule has 4 amide bonds. The van der Waals surface area contributed by atoms with E-state index in [0.29, 0.717) is 67.9 Å². The van der Waals surface area contributed by atoms with Crippen LogP contribution in [0.2, 0.25) is 5.02 Å². The van der Waals surface area contributed by atoms with Gasteiger partial charge < -0.3 is 36.0 Å². The molecule has 2 aliphatic rings. The van der Waals surface area contributed by atoms with Crippen LogP contribution in [0.5, 0.6) is 5.75 Å². The number of rotatable bonds is 18. The molecule has 17 heteroatoms. The number of likely N-dealkylation sites (N-methyl/N-ethyl adjacent to an activating group) is 1. The molecule has 0 saturated carbocycles. The number of fused-ring (bicyclic) bond motifs is 4. The van der Waals surface area contributed by atoms with Crippen molar-refractivity contribution >= 4 is 58.0 Å². The molecule has 67 heavy (non-hydrogen) atoms. The first-order chi connectivity index (χ1) is 32.2. The fourth-order valence-electron chi connectivity index (χ4n) is 8.55. The number of aryl methyl sites for hydroxylation is 2. The number of carbonyl (C=O) groups is 4. The van der Waals surface area contributed by atoms with Crippen LogP contribution in [0.4, 0.5) is 5.69 Å². The van der Waals surface area contributed by atoms with E-state index in [-0.39, 0.29) is 67.5 Å². The van der Waals surface area contributed by atoms with E-state index in [4.69, 9.17) is 21.3 Å². The molecule has 5 N–H and O–H groups in total. The number of thiophene rings is 1. The van der Waals surface area contributed by atoms with Gasteiger partial charge in [-0.25, -0.2) is 0 Å². The number of amides is 4. The lowest BCUT2D eigenvalue weighted by Crippen LogP contribution is -2.54. The summed E-state index contributed by atoms with van der Waals surface area (Å²) in [5.74, 6) is 1.50. The first-order valence-electron chi connectivity index (χ1n) is 22.8. The van der Waals surface area contributed by atoms with Crippen LogP contribution in [0.1, 0.15) is 102 Å². The number of halogens is 1. The molecule has 0 radical (unpaired) electrons. The lowest BCUT2D eigenvalue weighted by Gasteiger charge is -2.37. The summed E-state index contributed by atoms with van der Waals surface area (Å²) in [7, 11) is 1.92.